The molecule has 0 heterocycles. The molecule has 0 aromatic rings. The first-order chi connectivity index (χ1) is 6.91. The summed E-state index contributed by atoms with van der Waals surface area (Å²) in [6, 6.07) is 0.250. The summed E-state index contributed by atoms with van der Waals surface area (Å²) < 4.78 is 25.0. The summed E-state index contributed by atoms with van der Waals surface area (Å²) in [5.74, 6) is 0. The van der Waals surface area contributed by atoms with Gasteiger partial charge in [0.1, 0.15) is 0 Å². The van der Waals surface area contributed by atoms with E-state index in [1.807, 2.05) is 19.0 Å². The summed E-state index contributed by atoms with van der Waals surface area (Å²) in [7, 11) is 0.897. The summed E-state index contributed by atoms with van der Waals surface area (Å²) in [6.07, 6.45) is 5.71. The van der Waals surface area contributed by atoms with E-state index in [1.165, 1.54) is 19.1 Å². The second-order valence-corrected chi connectivity index (χ2v) is 6.55. The monoisotopic (exact) mass is 234 g/mol. The van der Waals surface area contributed by atoms with Crippen LogP contribution in [0.1, 0.15) is 25.7 Å². The van der Waals surface area contributed by atoms with Gasteiger partial charge in [-0.05, 0) is 26.9 Å². The highest BCUT2D eigenvalue weighted by atomic mass is 32.2. The third-order valence-corrected chi connectivity index (χ3v) is 4.26. The fourth-order valence-electron chi connectivity index (χ4n) is 2.11. The molecule has 0 atom stereocenters. The van der Waals surface area contributed by atoms with Crippen molar-refractivity contribution in [3.63, 3.8) is 0 Å². The topological polar surface area (TPSA) is 40.6 Å². The maximum Gasteiger partial charge on any atom is 0.211 e. The molecule has 0 saturated heterocycles. The average Bonchev–Trinajstić information content (AvgIpc) is 2.54. The molecule has 0 radical (unpaired) electrons. The van der Waals surface area contributed by atoms with Crippen molar-refractivity contribution in [2.75, 3.05) is 33.4 Å². The van der Waals surface area contributed by atoms with Crippen molar-refractivity contribution in [2.24, 2.45) is 0 Å². The highest BCUT2D eigenvalue weighted by molar-refractivity contribution is 7.88. The van der Waals surface area contributed by atoms with E-state index in [2.05, 4.69) is 0 Å². The van der Waals surface area contributed by atoms with Crippen molar-refractivity contribution in [2.45, 2.75) is 31.7 Å². The smallest absolute Gasteiger partial charge is 0.211 e. The molecule has 1 saturated carbocycles. The second kappa shape index (κ2) is 5.27. The maximum atomic E-state index is 11.6. The number of rotatable bonds is 5. The SMILES string of the molecule is CN(C)CCN(C1CCCC1)S(C)(=O)=O. The Bertz CT molecular complexity index is 282. The Labute approximate surface area is 93.3 Å². The zero-order valence-electron chi connectivity index (χ0n) is 9.94. The minimum absolute atomic E-state index is 0.250. The van der Waals surface area contributed by atoms with Crippen LogP contribution in [0, 0.1) is 0 Å². The Morgan fingerprint density at radius 2 is 1.67 bits per heavy atom. The molecule has 5 heteroatoms. The first kappa shape index (κ1) is 12.9. The molecule has 1 rings (SSSR count). The van der Waals surface area contributed by atoms with Gasteiger partial charge in [-0.3, -0.25) is 0 Å². The van der Waals surface area contributed by atoms with Gasteiger partial charge >= 0.3 is 0 Å². The van der Waals surface area contributed by atoms with E-state index in [0.29, 0.717) is 6.54 Å². The number of hydrogen-bond acceptors (Lipinski definition) is 3. The van der Waals surface area contributed by atoms with Gasteiger partial charge in [0.05, 0.1) is 6.26 Å². The van der Waals surface area contributed by atoms with Gasteiger partial charge in [0.2, 0.25) is 10.0 Å². The van der Waals surface area contributed by atoms with Gasteiger partial charge < -0.3 is 4.90 Å². The number of sulfonamides is 1. The molecule has 0 aromatic carbocycles. The van der Waals surface area contributed by atoms with Crippen LogP contribution in [-0.4, -0.2) is 57.1 Å². The van der Waals surface area contributed by atoms with E-state index in [0.717, 1.165) is 19.4 Å². The molecule has 0 bridgehead atoms. The molecular formula is C10H22N2O2S. The van der Waals surface area contributed by atoms with Crippen molar-refractivity contribution in [1.29, 1.82) is 0 Å². The van der Waals surface area contributed by atoms with E-state index < -0.39 is 10.0 Å². The van der Waals surface area contributed by atoms with Gasteiger partial charge in [-0.15, -0.1) is 0 Å². The molecule has 1 fully saturated rings. The van der Waals surface area contributed by atoms with E-state index in [-0.39, 0.29) is 6.04 Å². The number of likely N-dealkylation sites (N-methyl/N-ethyl adjacent to an activating group) is 1. The van der Waals surface area contributed by atoms with Crippen LogP contribution in [0.2, 0.25) is 0 Å². The summed E-state index contributed by atoms with van der Waals surface area (Å²) in [4.78, 5) is 2.02. The fraction of sp³-hybridized carbons (Fsp3) is 1.00. The van der Waals surface area contributed by atoms with Crippen LogP contribution in [0.5, 0.6) is 0 Å². The van der Waals surface area contributed by atoms with Gasteiger partial charge in [-0.2, -0.15) is 4.31 Å². The van der Waals surface area contributed by atoms with E-state index >= 15 is 0 Å². The predicted octanol–water partition coefficient (Wildman–Crippen LogP) is 0.752. The molecular weight excluding hydrogens is 212 g/mol. The Balaban J connectivity index is 2.61. The van der Waals surface area contributed by atoms with Crippen molar-refractivity contribution in [3.8, 4) is 0 Å². The number of nitrogens with zero attached hydrogens (tertiary/aromatic N) is 2. The van der Waals surface area contributed by atoms with Crippen LogP contribution in [0.4, 0.5) is 0 Å². The Hall–Kier alpha value is -0.130. The normalized spacial score (nSPS) is 19.3. The van der Waals surface area contributed by atoms with Crippen LogP contribution in [0.25, 0.3) is 0 Å². The highest BCUT2D eigenvalue weighted by Gasteiger charge is 2.28. The standard InChI is InChI=1S/C10H22N2O2S/c1-11(2)8-9-12(15(3,13)14)10-6-4-5-7-10/h10H,4-9H2,1-3H3. The van der Waals surface area contributed by atoms with Crippen LogP contribution in [0.3, 0.4) is 0 Å². The predicted molar refractivity (Wildman–Crippen MR) is 62.4 cm³/mol. The molecule has 0 aliphatic heterocycles. The fourth-order valence-corrected chi connectivity index (χ4v) is 3.28. The zero-order chi connectivity index (χ0) is 11.5. The second-order valence-electron chi connectivity index (χ2n) is 4.62. The molecule has 0 aromatic heterocycles. The van der Waals surface area contributed by atoms with Crippen LogP contribution in [-0.2, 0) is 10.0 Å². The van der Waals surface area contributed by atoms with Crippen molar-refractivity contribution < 1.29 is 8.42 Å². The van der Waals surface area contributed by atoms with Crippen molar-refractivity contribution >= 4 is 10.0 Å². The third kappa shape index (κ3) is 4.09. The molecule has 1 aliphatic carbocycles. The quantitative estimate of drug-likeness (QED) is 0.705. The zero-order valence-corrected chi connectivity index (χ0v) is 10.8. The summed E-state index contributed by atoms with van der Waals surface area (Å²) in [6.45, 7) is 1.42. The van der Waals surface area contributed by atoms with Gasteiger partial charge in [0.25, 0.3) is 0 Å². The van der Waals surface area contributed by atoms with Gasteiger partial charge in [0, 0.05) is 19.1 Å². The lowest BCUT2D eigenvalue weighted by molar-refractivity contribution is 0.283. The average molecular weight is 234 g/mol. The van der Waals surface area contributed by atoms with Crippen LogP contribution in [0.15, 0.2) is 0 Å². The summed E-state index contributed by atoms with van der Waals surface area (Å²) >= 11 is 0. The van der Waals surface area contributed by atoms with Gasteiger partial charge in [-0.1, -0.05) is 12.8 Å². The minimum atomic E-state index is -3.04. The van der Waals surface area contributed by atoms with Crippen LogP contribution < -0.4 is 0 Å². The Morgan fingerprint density at radius 1 is 1.13 bits per heavy atom. The Morgan fingerprint density at radius 3 is 2.07 bits per heavy atom. The van der Waals surface area contributed by atoms with E-state index in [9.17, 15) is 8.42 Å². The minimum Gasteiger partial charge on any atom is -0.308 e. The van der Waals surface area contributed by atoms with Crippen LogP contribution >= 0.6 is 0 Å². The van der Waals surface area contributed by atoms with Crippen molar-refractivity contribution in [1.82, 2.24) is 9.21 Å². The summed E-state index contributed by atoms with van der Waals surface area (Å²) in [5, 5.41) is 0. The van der Waals surface area contributed by atoms with Crippen molar-refractivity contribution in [3.05, 3.63) is 0 Å². The molecule has 0 unspecified atom stereocenters. The maximum absolute atomic E-state index is 11.6. The van der Waals surface area contributed by atoms with E-state index in [1.54, 1.807) is 4.31 Å². The summed E-state index contributed by atoms with van der Waals surface area (Å²) in [5.41, 5.74) is 0. The third-order valence-electron chi connectivity index (χ3n) is 2.93. The first-order valence-corrected chi connectivity index (χ1v) is 7.37. The Kier molecular flexibility index (Phi) is 4.55. The largest absolute Gasteiger partial charge is 0.308 e. The van der Waals surface area contributed by atoms with E-state index in [4.69, 9.17) is 0 Å². The molecule has 90 valence electrons. The lowest BCUT2D eigenvalue weighted by Crippen LogP contribution is -2.41. The molecule has 0 N–H and O–H groups in total. The van der Waals surface area contributed by atoms with Gasteiger partial charge in [0.15, 0.2) is 0 Å². The number of hydrogen-bond donors (Lipinski definition) is 0. The molecule has 15 heavy (non-hydrogen) atoms. The molecule has 0 spiro atoms. The molecule has 1 aliphatic rings. The lowest BCUT2D eigenvalue weighted by Gasteiger charge is -2.27. The highest BCUT2D eigenvalue weighted by Crippen LogP contribution is 2.24. The first-order valence-electron chi connectivity index (χ1n) is 5.53. The molecule has 0 amide bonds. The lowest BCUT2D eigenvalue weighted by atomic mass is 10.2. The molecule has 4 nitrogen and oxygen atoms in total. The van der Waals surface area contributed by atoms with Gasteiger partial charge in [-0.25, -0.2) is 8.42 Å².